The number of primary amides is 1. The number of phenols is 1. The van der Waals surface area contributed by atoms with Gasteiger partial charge in [-0.25, -0.2) is 0 Å². The molecule has 59 heavy (non-hydrogen) atoms. The maximum absolute atomic E-state index is 12.2. The molecular weight excluding hydrogens is 827 g/mol. The molecule has 0 fully saturated rings. The van der Waals surface area contributed by atoms with Gasteiger partial charge < -0.3 is 10.8 Å². The first-order valence-corrected chi connectivity index (χ1v) is 21.1. The molecule has 0 spiro atoms. The molecule has 7 aromatic carbocycles. The van der Waals surface area contributed by atoms with E-state index in [9.17, 15) is 48.8 Å². The molecule has 0 bridgehead atoms. The molecule has 0 aliphatic carbocycles. The number of carbonyl (C=O) groups is 1. The van der Waals surface area contributed by atoms with Gasteiger partial charge in [-0.3, -0.25) is 18.5 Å². The van der Waals surface area contributed by atoms with Crippen LogP contribution in [0, 0.1) is 0 Å². The van der Waals surface area contributed by atoms with E-state index in [2.05, 4.69) is 30.7 Å². The van der Waals surface area contributed by atoms with Gasteiger partial charge >= 0.3 is 0 Å². The predicted octanol–water partition coefficient (Wildman–Crippen LogP) is 8.87. The molecule has 0 saturated heterocycles. The van der Waals surface area contributed by atoms with Gasteiger partial charge in [0.25, 0.3) is 30.4 Å². The van der Waals surface area contributed by atoms with Crippen molar-refractivity contribution in [1.29, 1.82) is 0 Å². The van der Waals surface area contributed by atoms with Gasteiger partial charge in [0, 0.05) is 26.9 Å². The molecular formula is C38H27N7O11S3. The average Bonchev–Trinajstić information content (AvgIpc) is 3.18. The van der Waals surface area contributed by atoms with Crippen LogP contribution in [0.5, 0.6) is 5.75 Å². The minimum Gasteiger partial charge on any atom is -0.506 e. The Labute approximate surface area is 334 Å². The summed E-state index contributed by atoms with van der Waals surface area (Å²) in [7, 11) is -13.9. The molecule has 0 saturated carbocycles. The zero-order valence-corrected chi connectivity index (χ0v) is 32.3. The Bertz CT molecular complexity index is 3320. The molecule has 0 radical (unpaired) electrons. The van der Waals surface area contributed by atoms with Crippen LogP contribution < -0.4 is 5.73 Å². The smallest absolute Gasteiger partial charge is 0.294 e. The molecule has 298 valence electrons. The molecule has 0 atom stereocenters. The van der Waals surface area contributed by atoms with Gasteiger partial charge in [-0.05, 0) is 89.8 Å². The van der Waals surface area contributed by atoms with Crippen molar-refractivity contribution in [2.24, 2.45) is 36.4 Å². The van der Waals surface area contributed by atoms with Gasteiger partial charge in [0.2, 0.25) is 5.91 Å². The molecule has 6 N–H and O–H groups in total. The lowest BCUT2D eigenvalue weighted by Gasteiger charge is -2.09. The first-order valence-electron chi connectivity index (χ1n) is 16.8. The zero-order chi connectivity index (χ0) is 42.3. The fraction of sp³-hybridized carbons (Fsp3) is 0.0263. The van der Waals surface area contributed by atoms with Gasteiger partial charge in [0.05, 0.1) is 49.5 Å². The van der Waals surface area contributed by atoms with E-state index >= 15 is 0 Å². The number of phenolic OH excluding ortho intramolecular Hbond substituents is 1. The number of nitrogens with zero attached hydrogens (tertiary/aromatic N) is 6. The van der Waals surface area contributed by atoms with Gasteiger partial charge in [0.1, 0.15) is 11.4 Å². The Balaban J connectivity index is 1.30. The highest BCUT2D eigenvalue weighted by molar-refractivity contribution is 7.86. The minimum atomic E-state index is -4.70. The summed E-state index contributed by atoms with van der Waals surface area (Å²) in [6.45, 7) is 0. The number of amides is 1. The maximum Gasteiger partial charge on any atom is 0.294 e. The summed E-state index contributed by atoms with van der Waals surface area (Å²) in [5.74, 6) is -0.806. The molecule has 7 aromatic rings. The second kappa shape index (κ2) is 15.5. The number of hydrogen-bond donors (Lipinski definition) is 5. The first-order chi connectivity index (χ1) is 27.8. The van der Waals surface area contributed by atoms with Crippen LogP contribution in [0.15, 0.2) is 161 Å². The largest absolute Gasteiger partial charge is 0.506 e. The quantitative estimate of drug-likeness (QED) is 0.0604. The number of aromatic hydroxyl groups is 1. The maximum atomic E-state index is 12.2. The summed E-state index contributed by atoms with van der Waals surface area (Å²) in [5.41, 5.74) is 6.93. The van der Waals surface area contributed by atoms with Crippen LogP contribution in [0.3, 0.4) is 0 Å². The summed E-state index contributed by atoms with van der Waals surface area (Å²) < 4.78 is 101. The van der Waals surface area contributed by atoms with E-state index < -0.39 is 46.1 Å². The SMILES string of the molecule is NC(=O)Cc1ccc(N=Nc2ccc(N=Nc3ccc(N=Nc4c(O)ccc5cc(S(=O)(=O)O)ccc45)c4ccc(S(=O)(=O)O)cc34)c3ccc(S(=O)(=O)O)cc23)cc1. The summed E-state index contributed by atoms with van der Waals surface area (Å²) in [4.78, 5) is 9.97. The summed E-state index contributed by atoms with van der Waals surface area (Å²) in [5, 5.41) is 37.9. The van der Waals surface area contributed by atoms with Crippen molar-refractivity contribution >= 4 is 103 Å². The van der Waals surface area contributed by atoms with Crippen LogP contribution in [0.2, 0.25) is 0 Å². The lowest BCUT2D eigenvalue weighted by Crippen LogP contribution is -2.13. The number of hydrogen-bond acceptors (Lipinski definition) is 14. The molecule has 7 rings (SSSR count). The van der Waals surface area contributed by atoms with E-state index in [1.54, 1.807) is 24.3 Å². The van der Waals surface area contributed by atoms with E-state index in [1.165, 1.54) is 66.7 Å². The minimum absolute atomic E-state index is 0.0347. The van der Waals surface area contributed by atoms with Crippen LogP contribution in [0.1, 0.15) is 5.56 Å². The van der Waals surface area contributed by atoms with Crippen molar-refractivity contribution in [3.63, 3.8) is 0 Å². The van der Waals surface area contributed by atoms with E-state index in [4.69, 9.17) is 5.73 Å². The standard InChI is InChI=1S/C38H27N7O11S3/c39-37(47)17-21-1-4-23(5-2-21)40-41-34-14-12-32(28-10-7-25(19-30(28)34)58(51,52)53)42-43-35-15-13-33(29-11-8-26(20-31(29)35)59(54,55)56)44-45-38-27-9-6-24(57(48,49)50)18-22(27)3-16-36(38)46/h1-16,18-20,46H,17H2,(H2,39,47)(H,48,49,50)(H,51,52,53)(H,54,55,56). The lowest BCUT2D eigenvalue weighted by atomic mass is 10.1. The number of benzene rings is 7. The number of carbonyl (C=O) groups excluding carboxylic acids is 1. The number of nitrogens with two attached hydrogens (primary N) is 1. The van der Waals surface area contributed by atoms with Crippen molar-refractivity contribution in [3.8, 4) is 5.75 Å². The highest BCUT2D eigenvalue weighted by Crippen LogP contribution is 2.41. The summed E-state index contributed by atoms with van der Waals surface area (Å²) in [6.07, 6.45) is 0.0347. The molecule has 18 nitrogen and oxygen atoms in total. The third-order valence-corrected chi connectivity index (χ3v) is 11.4. The molecule has 0 heterocycles. The zero-order valence-electron chi connectivity index (χ0n) is 29.8. The van der Waals surface area contributed by atoms with E-state index in [-0.39, 0.29) is 61.7 Å². The fourth-order valence-electron chi connectivity index (χ4n) is 6.01. The first kappa shape index (κ1) is 40.3. The van der Waals surface area contributed by atoms with Crippen molar-refractivity contribution in [1.82, 2.24) is 0 Å². The normalized spacial score (nSPS) is 12.8. The molecule has 0 aliphatic rings. The molecule has 0 unspecified atom stereocenters. The topological polar surface area (TPSA) is 301 Å². The van der Waals surface area contributed by atoms with Gasteiger partial charge in [-0.2, -0.15) is 30.4 Å². The van der Waals surface area contributed by atoms with Crippen molar-refractivity contribution < 1.29 is 48.8 Å². The Kier molecular flexibility index (Phi) is 10.6. The highest BCUT2D eigenvalue weighted by atomic mass is 32.2. The Morgan fingerprint density at radius 1 is 0.475 bits per heavy atom. The number of rotatable bonds is 11. The lowest BCUT2D eigenvalue weighted by molar-refractivity contribution is -0.117. The molecule has 0 aromatic heterocycles. The van der Waals surface area contributed by atoms with E-state index in [0.717, 1.165) is 24.3 Å². The molecule has 0 aliphatic heterocycles. The third kappa shape index (κ3) is 8.84. The van der Waals surface area contributed by atoms with E-state index in [1.807, 2.05) is 0 Å². The van der Waals surface area contributed by atoms with Crippen molar-refractivity contribution in [3.05, 3.63) is 121 Å². The van der Waals surface area contributed by atoms with Gasteiger partial charge in [-0.15, -0.1) is 25.6 Å². The highest BCUT2D eigenvalue weighted by Gasteiger charge is 2.17. The Morgan fingerprint density at radius 2 is 0.898 bits per heavy atom. The van der Waals surface area contributed by atoms with Crippen LogP contribution in [-0.2, 0) is 41.6 Å². The Morgan fingerprint density at radius 3 is 1.37 bits per heavy atom. The second-order valence-corrected chi connectivity index (χ2v) is 17.0. The second-order valence-electron chi connectivity index (χ2n) is 12.8. The van der Waals surface area contributed by atoms with Gasteiger partial charge in [-0.1, -0.05) is 36.4 Å². The third-order valence-electron chi connectivity index (χ3n) is 8.83. The van der Waals surface area contributed by atoms with Crippen LogP contribution >= 0.6 is 0 Å². The summed E-state index contributed by atoms with van der Waals surface area (Å²) in [6, 6.07) is 26.1. The molecule has 1 amide bonds. The van der Waals surface area contributed by atoms with Crippen molar-refractivity contribution in [2.75, 3.05) is 0 Å². The average molecular weight is 854 g/mol. The molecule has 21 heteroatoms. The van der Waals surface area contributed by atoms with E-state index in [0.29, 0.717) is 27.4 Å². The fourth-order valence-corrected chi connectivity index (χ4v) is 7.54. The van der Waals surface area contributed by atoms with Crippen LogP contribution in [0.25, 0.3) is 32.3 Å². The number of fused-ring (bicyclic) bond motifs is 3. The van der Waals surface area contributed by atoms with Crippen LogP contribution in [0.4, 0.5) is 34.1 Å². The van der Waals surface area contributed by atoms with Crippen LogP contribution in [-0.4, -0.2) is 49.9 Å². The van der Waals surface area contributed by atoms with Crippen molar-refractivity contribution in [2.45, 2.75) is 21.1 Å². The Hall–Kier alpha value is -6.88. The van der Waals surface area contributed by atoms with Gasteiger partial charge in [0.15, 0.2) is 0 Å². The monoisotopic (exact) mass is 853 g/mol. The predicted molar refractivity (Wildman–Crippen MR) is 215 cm³/mol. The summed E-state index contributed by atoms with van der Waals surface area (Å²) >= 11 is 0. The number of azo groups is 3.